The second-order valence-electron chi connectivity index (χ2n) is 5.11. The minimum Gasteiger partial charge on any atom is -0.337 e. The summed E-state index contributed by atoms with van der Waals surface area (Å²) in [4.78, 5) is 18.0. The van der Waals surface area contributed by atoms with Crippen molar-refractivity contribution in [3.8, 4) is 0 Å². The molecule has 0 radical (unpaired) electrons. The molecule has 7 heteroatoms. The number of rotatable bonds is 6. The highest BCUT2D eigenvalue weighted by molar-refractivity contribution is 5.73. The minimum atomic E-state index is -0.168. The van der Waals surface area contributed by atoms with Crippen LogP contribution in [0.3, 0.4) is 0 Å². The highest BCUT2D eigenvalue weighted by atomic mass is 16.2. The van der Waals surface area contributed by atoms with Gasteiger partial charge >= 0.3 is 6.03 Å². The van der Waals surface area contributed by atoms with E-state index in [0.29, 0.717) is 25.2 Å². The van der Waals surface area contributed by atoms with Crippen LogP contribution < -0.4 is 10.6 Å². The number of carbonyl (C=O) groups is 1. The maximum atomic E-state index is 11.7. The number of nitrogens with zero attached hydrogens (tertiary/aromatic N) is 4. The summed E-state index contributed by atoms with van der Waals surface area (Å²) in [5.74, 6) is 0.735. The Balaban J connectivity index is 1.65. The van der Waals surface area contributed by atoms with Gasteiger partial charge in [-0.2, -0.15) is 5.10 Å². The zero-order chi connectivity index (χ0) is 13.8. The number of hydrogen-bond donors (Lipinski definition) is 2. The third kappa shape index (κ3) is 3.92. The summed E-state index contributed by atoms with van der Waals surface area (Å²) in [6.07, 6.45) is 4.03. The normalized spacial score (nSPS) is 16.4. The van der Waals surface area contributed by atoms with E-state index in [1.54, 1.807) is 11.7 Å². The topological polar surface area (TPSA) is 75.1 Å². The van der Waals surface area contributed by atoms with Crippen LogP contribution in [0.5, 0.6) is 0 Å². The van der Waals surface area contributed by atoms with E-state index in [4.69, 9.17) is 0 Å². The Morgan fingerprint density at radius 3 is 2.89 bits per heavy atom. The van der Waals surface area contributed by atoms with Gasteiger partial charge < -0.3 is 10.6 Å². The van der Waals surface area contributed by atoms with Gasteiger partial charge in [-0.25, -0.2) is 9.78 Å². The van der Waals surface area contributed by atoms with Crippen molar-refractivity contribution < 1.29 is 4.79 Å². The Morgan fingerprint density at radius 1 is 1.58 bits per heavy atom. The van der Waals surface area contributed by atoms with Crippen molar-refractivity contribution in [2.75, 3.05) is 13.6 Å². The Bertz CT molecular complexity index is 428. The summed E-state index contributed by atoms with van der Waals surface area (Å²) in [6.45, 7) is 3.16. The third-order valence-electron chi connectivity index (χ3n) is 3.59. The summed E-state index contributed by atoms with van der Waals surface area (Å²) in [7, 11) is 3.91. The number of aromatic nitrogens is 3. The molecule has 1 fully saturated rings. The molecule has 1 aromatic heterocycles. The molecule has 2 amide bonds. The summed E-state index contributed by atoms with van der Waals surface area (Å²) in [5, 5.41) is 9.60. The fourth-order valence-corrected chi connectivity index (χ4v) is 1.93. The number of nitrogens with one attached hydrogen (secondary N) is 2. The van der Waals surface area contributed by atoms with Crippen LogP contribution in [-0.2, 0) is 13.6 Å². The first-order chi connectivity index (χ1) is 9.08. The Hall–Kier alpha value is -1.63. The quantitative estimate of drug-likeness (QED) is 0.765. The number of likely N-dealkylation sites (N-methyl/N-ethyl adjacent to an activating group) is 1. The van der Waals surface area contributed by atoms with E-state index in [-0.39, 0.29) is 6.03 Å². The van der Waals surface area contributed by atoms with Crippen molar-refractivity contribution >= 4 is 6.03 Å². The zero-order valence-electron chi connectivity index (χ0n) is 11.8. The van der Waals surface area contributed by atoms with Crippen molar-refractivity contribution in [2.24, 2.45) is 7.05 Å². The molecule has 1 aromatic rings. The Morgan fingerprint density at radius 2 is 2.32 bits per heavy atom. The lowest BCUT2D eigenvalue weighted by atomic mass is 10.3. The molecule has 7 nitrogen and oxygen atoms in total. The number of urea groups is 1. The fourth-order valence-electron chi connectivity index (χ4n) is 1.93. The first-order valence-corrected chi connectivity index (χ1v) is 6.64. The van der Waals surface area contributed by atoms with Crippen LogP contribution in [0.2, 0.25) is 0 Å². The van der Waals surface area contributed by atoms with Crippen LogP contribution in [0.15, 0.2) is 6.33 Å². The molecule has 2 rings (SSSR count). The van der Waals surface area contributed by atoms with Crippen molar-refractivity contribution in [1.29, 1.82) is 0 Å². The van der Waals surface area contributed by atoms with Crippen LogP contribution in [-0.4, -0.2) is 51.4 Å². The molecule has 2 N–H and O–H groups in total. The molecule has 0 aliphatic heterocycles. The zero-order valence-corrected chi connectivity index (χ0v) is 11.8. The molecular weight excluding hydrogens is 244 g/mol. The molecule has 1 aliphatic carbocycles. The molecule has 0 bridgehead atoms. The van der Waals surface area contributed by atoms with E-state index >= 15 is 0 Å². The second-order valence-corrected chi connectivity index (χ2v) is 5.11. The minimum absolute atomic E-state index is 0.168. The first kappa shape index (κ1) is 13.8. The molecule has 1 aliphatic rings. The van der Waals surface area contributed by atoms with Gasteiger partial charge in [0.2, 0.25) is 0 Å². The van der Waals surface area contributed by atoms with E-state index in [0.717, 1.165) is 5.82 Å². The predicted octanol–water partition coefficient (Wildman–Crippen LogP) is 0.0970. The van der Waals surface area contributed by atoms with E-state index < -0.39 is 0 Å². The van der Waals surface area contributed by atoms with Gasteiger partial charge in [0.05, 0.1) is 6.54 Å². The van der Waals surface area contributed by atoms with Crippen LogP contribution in [0.4, 0.5) is 4.79 Å². The average Bonchev–Trinajstić information content (AvgIpc) is 3.16. The van der Waals surface area contributed by atoms with Crippen molar-refractivity contribution in [2.45, 2.75) is 38.4 Å². The highest BCUT2D eigenvalue weighted by Gasteiger charge is 2.29. The van der Waals surface area contributed by atoms with Crippen LogP contribution in [0.25, 0.3) is 0 Å². The number of hydrogen-bond acceptors (Lipinski definition) is 4. The van der Waals surface area contributed by atoms with Crippen molar-refractivity contribution in [3.05, 3.63) is 12.2 Å². The predicted molar refractivity (Wildman–Crippen MR) is 71.5 cm³/mol. The lowest BCUT2D eigenvalue weighted by molar-refractivity contribution is 0.222. The van der Waals surface area contributed by atoms with Gasteiger partial charge in [-0.3, -0.25) is 9.58 Å². The first-order valence-electron chi connectivity index (χ1n) is 6.64. The summed E-state index contributed by atoms with van der Waals surface area (Å²) < 4.78 is 1.64. The third-order valence-corrected chi connectivity index (χ3v) is 3.59. The molecule has 0 saturated heterocycles. The van der Waals surface area contributed by atoms with Gasteiger partial charge in [-0.15, -0.1) is 0 Å². The van der Waals surface area contributed by atoms with Gasteiger partial charge in [0.1, 0.15) is 12.2 Å². The van der Waals surface area contributed by atoms with Crippen LogP contribution in [0, 0.1) is 0 Å². The molecule has 1 heterocycles. The molecule has 1 atom stereocenters. The standard InChI is InChI=1S/C12H22N6O/c1-9(17(2)10-4-5-10)6-13-12(19)14-7-11-15-8-16-18(11)3/h8-10H,4-7H2,1-3H3,(H2,13,14,19)/t9-/m0/s1. The summed E-state index contributed by atoms with van der Waals surface area (Å²) in [5.41, 5.74) is 0. The lowest BCUT2D eigenvalue weighted by Gasteiger charge is -2.24. The average molecular weight is 266 g/mol. The molecular formula is C12H22N6O. The summed E-state index contributed by atoms with van der Waals surface area (Å²) >= 11 is 0. The van der Waals surface area contributed by atoms with Crippen LogP contribution in [0.1, 0.15) is 25.6 Å². The monoisotopic (exact) mass is 266 g/mol. The second kappa shape index (κ2) is 6.01. The number of aryl methyl sites for hydroxylation is 1. The molecule has 1 saturated carbocycles. The van der Waals surface area contributed by atoms with Gasteiger partial charge in [-0.05, 0) is 26.8 Å². The van der Waals surface area contributed by atoms with Crippen molar-refractivity contribution in [1.82, 2.24) is 30.3 Å². The van der Waals surface area contributed by atoms with Gasteiger partial charge in [0.25, 0.3) is 0 Å². The van der Waals surface area contributed by atoms with Gasteiger partial charge in [0, 0.05) is 25.7 Å². The van der Waals surface area contributed by atoms with E-state index in [2.05, 4.69) is 39.6 Å². The fraction of sp³-hybridized carbons (Fsp3) is 0.750. The lowest BCUT2D eigenvalue weighted by Crippen LogP contribution is -2.44. The molecule has 0 unspecified atom stereocenters. The van der Waals surface area contributed by atoms with E-state index in [1.807, 2.05) is 0 Å². The molecule has 0 aromatic carbocycles. The van der Waals surface area contributed by atoms with Crippen molar-refractivity contribution in [3.63, 3.8) is 0 Å². The highest BCUT2D eigenvalue weighted by Crippen LogP contribution is 2.26. The Labute approximate surface area is 113 Å². The smallest absolute Gasteiger partial charge is 0.315 e. The molecule has 19 heavy (non-hydrogen) atoms. The van der Waals surface area contributed by atoms with Crippen LogP contribution >= 0.6 is 0 Å². The number of carbonyl (C=O) groups excluding carboxylic acids is 1. The Kier molecular flexibility index (Phi) is 4.36. The summed E-state index contributed by atoms with van der Waals surface area (Å²) in [6, 6.07) is 0.894. The number of amides is 2. The van der Waals surface area contributed by atoms with E-state index in [9.17, 15) is 4.79 Å². The SMILES string of the molecule is C[C@@H](CNC(=O)NCc1ncnn1C)N(C)C1CC1. The van der Waals surface area contributed by atoms with Gasteiger partial charge in [0.15, 0.2) is 0 Å². The maximum Gasteiger partial charge on any atom is 0.315 e. The maximum absolute atomic E-state index is 11.7. The molecule has 106 valence electrons. The largest absolute Gasteiger partial charge is 0.337 e. The van der Waals surface area contributed by atoms with Gasteiger partial charge in [-0.1, -0.05) is 0 Å². The molecule has 0 spiro atoms. The van der Waals surface area contributed by atoms with E-state index in [1.165, 1.54) is 19.2 Å².